The first-order valence-corrected chi connectivity index (χ1v) is 10.7. The molecule has 2 aliphatic rings. The molecule has 0 bridgehead atoms. The quantitative estimate of drug-likeness (QED) is 0.472. The monoisotopic (exact) mass is 489 g/mol. The number of piperazine rings is 1. The van der Waals surface area contributed by atoms with Gasteiger partial charge in [-0.15, -0.1) is 0 Å². The van der Waals surface area contributed by atoms with E-state index in [-0.39, 0.29) is 48.9 Å². The number of hydrogen-bond acceptors (Lipinski definition) is 4. The molecule has 1 aliphatic carbocycles. The maximum absolute atomic E-state index is 15.0. The van der Waals surface area contributed by atoms with Crippen molar-refractivity contribution in [3.63, 3.8) is 0 Å². The van der Waals surface area contributed by atoms with Gasteiger partial charge in [-0.1, -0.05) is 0 Å². The van der Waals surface area contributed by atoms with Crippen molar-refractivity contribution in [2.24, 2.45) is 0 Å². The third-order valence-electron chi connectivity index (χ3n) is 6.18. The van der Waals surface area contributed by atoms with Crippen molar-refractivity contribution >= 4 is 28.3 Å². The van der Waals surface area contributed by atoms with Crippen LogP contribution >= 0.6 is 0 Å². The summed E-state index contributed by atoms with van der Waals surface area (Å²) in [7, 11) is 0. The maximum atomic E-state index is 15.0. The van der Waals surface area contributed by atoms with Crippen LogP contribution in [0.4, 0.5) is 32.0 Å². The topological polar surface area (TPSA) is 62.6 Å². The Hall–Kier alpha value is -3.05. The van der Waals surface area contributed by atoms with E-state index < -0.39 is 41.5 Å². The van der Waals surface area contributed by atoms with E-state index in [2.05, 4.69) is 0 Å². The fourth-order valence-electron chi connectivity index (χ4n) is 4.11. The van der Waals surface area contributed by atoms with Gasteiger partial charge >= 0.3 is 12.1 Å². The molecule has 6 nitrogen and oxygen atoms in total. The number of benzene rings is 1. The lowest BCUT2D eigenvalue weighted by atomic mass is 10.1. The molecule has 0 unspecified atom stereocenters. The predicted molar refractivity (Wildman–Crippen MR) is 111 cm³/mol. The number of nitrogens with zero attached hydrogens (tertiary/aromatic N) is 3. The number of fused-ring (bicyclic) bond motifs is 1. The molecule has 1 aromatic carbocycles. The molecule has 0 atom stereocenters. The molecule has 2 heterocycles. The summed E-state index contributed by atoms with van der Waals surface area (Å²) >= 11 is 0. The van der Waals surface area contributed by atoms with Crippen molar-refractivity contribution in [1.82, 2.24) is 9.47 Å². The van der Waals surface area contributed by atoms with E-state index in [0.717, 1.165) is 23.8 Å². The Kier molecular flexibility index (Phi) is 5.89. The number of rotatable bonds is 5. The van der Waals surface area contributed by atoms with Crippen LogP contribution in [-0.4, -0.2) is 59.4 Å². The smallest absolute Gasteiger partial charge is 0.366 e. The molecule has 1 saturated heterocycles. The Morgan fingerprint density at radius 2 is 1.65 bits per heavy atom. The summed E-state index contributed by atoms with van der Waals surface area (Å²) < 4.78 is 80.4. The van der Waals surface area contributed by atoms with Crippen molar-refractivity contribution in [3.8, 4) is 0 Å². The lowest BCUT2D eigenvalue weighted by Gasteiger charge is -2.37. The molecule has 0 radical (unpaired) electrons. The molecule has 2 fully saturated rings. The minimum atomic E-state index is -5.82. The van der Waals surface area contributed by atoms with Gasteiger partial charge in [0.1, 0.15) is 12.2 Å². The van der Waals surface area contributed by atoms with Crippen LogP contribution in [0.5, 0.6) is 0 Å². The van der Waals surface area contributed by atoms with Gasteiger partial charge in [-0.25, -0.2) is 4.39 Å². The molecule has 184 valence electrons. The molecular weight excluding hydrogens is 468 g/mol. The number of carbonyl (C=O) groups excluding carboxylic acids is 2. The van der Waals surface area contributed by atoms with Gasteiger partial charge in [0, 0.05) is 43.8 Å². The lowest BCUT2D eigenvalue weighted by molar-refractivity contribution is -0.282. The first kappa shape index (κ1) is 24.1. The Morgan fingerprint density at radius 1 is 1.03 bits per heavy atom. The number of amides is 1. The van der Waals surface area contributed by atoms with Crippen molar-refractivity contribution in [3.05, 3.63) is 39.9 Å². The van der Waals surface area contributed by atoms with Crippen molar-refractivity contribution in [2.75, 3.05) is 31.1 Å². The van der Waals surface area contributed by atoms with Crippen LogP contribution < -0.4 is 10.3 Å². The van der Waals surface area contributed by atoms with E-state index in [1.807, 2.05) is 0 Å². The first-order chi connectivity index (χ1) is 15.8. The molecule has 34 heavy (non-hydrogen) atoms. The van der Waals surface area contributed by atoms with Gasteiger partial charge in [0.15, 0.2) is 11.2 Å². The van der Waals surface area contributed by atoms with Crippen molar-refractivity contribution in [1.29, 1.82) is 0 Å². The lowest BCUT2D eigenvalue weighted by Crippen LogP contribution is -2.51. The molecular formula is C22H21F6N3O3. The standard InChI is InChI=1S/C22H21F6N3O3/c1-12(32)15-11-31(13-2-3-13)17-9-18(16(23)8-14(17)20(15)34)29-4-6-30(7-5-29)19(33)10-21(24,25)22(26,27)28/h8-9,11,13H,2-7,10H2,1H3. The second-order valence-corrected chi connectivity index (χ2v) is 8.63. The van der Waals surface area contributed by atoms with Gasteiger partial charge < -0.3 is 14.4 Å². The van der Waals surface area contributed by atoms with E-state index in [9.17, 15) is 40.7 Å². The normalized spacial score (nSPS) is 17.4. The summed E-state index contributed by atoms with van der Waals surface area (Å²) in [4.78, 5) is 39.0. The highest BCUT2D eigenvalue weighted by molar-refractivity contribution is 5.97. The number of alkyl halides is 5. The highest BCUT2D eigenvalue weighted by Gasteiger charge is 2.58. The summed E-state index contributed by atoms with van der Waals surface area (Å²) in [6.45, 7) is 0.942. The number of halogens is 6. The van der Waals surface area contributed by atoms with Crippen LogP contribution in [0.15, 0.2) is 23.1 Å². The maximum Gasteiger partial charge on any atom is 0.453 e. The van der Waals surface area contributed by atoms with Gasteiger partial charge in [-0.2, -0.15) is 22.0 Å². The summed E-state index contributed by atoms with van der Waals surface area (Å²) in [5, 5.41) is 0.0593. The molecule has 0 N–H and O–H groups in total. The Balaban J connectivity index is 1.57. The van der Waals surface area contributed by atoms with Gasteiger partial charge in [0.2, 0.25) is 5.91 Å². The molecule has 4 rings (SSSR count). The molecule has 0 spiro atoms. The van der Waals surface area contributed by atoms with Crippen LogP contribution in [-0.2, 0) is 4.79 Å². The van der Waals surface area contributed by atoms with Crippen LogP contribution in [0, 0.1) is 5.82 Å². The molecule has 12 heteroatoms. The number of ketones is 1. The second kappa shape index (κ2) is 8.31. The molecule has 2 aromatic rings. The van der Waals surface area contributed by atoms with Gasteiger partial charge in [0.05, 0.1) is 16.8 Å². The van der Waals surface area contributed by atoms with Gasteiger partial charge in [-0.05, 0) is 31.9 Å². The van der Waals surface area contributed by atoms with Gasteiger partial charge in [0.25, 0.3) is 0 Å². The van der Waals surface area contributed by atoms with E-state index in [1.165, 1.54) is 19.2 Å². The summed E-state index contributed by atoms with van der Waals surface area (Å²) in [6, 6.07) is 2.60. The number of anilines is 1. The minimum Gasteiger partial charge on any atom is -0.366 e. The number of carbonyl (C=O) groups is 2. The van der Waals surface area contributed by atoms with Crippen LogP contribution in [0.25, 0.3) is 10.9 Å². The van der Waals surface area contributed by atoms with Crippen molar-refractivity contribution < 1.29 is 35.9 Å². The fraction of sp³-hybridized carbons (Fsp3) is 0.500. The zero-order valence-corrected chi connectivity index (χ0v) is 18.1. The van der Waals surface area contributed by atoms with E-state index in [0.29, 0.717) is 5.52 Å². The zero-order chi connectivity index (χ0) is 25.0. The van der Waals surface area contributed by atoms with Crippen LogP contribution in [0.3, 0.4) is 0 Å². The zero-order valence-electron chi connectivity index (χ0n) is 18.1. The van der Waals surface area contributed by atoms with Gasteiger partial charge in [-0.3, -0.25) is 14.4 Å². The summed E-state index contributed by atoms with van der Waals surface area (Å²) in [5.74, 6) is -7.63. The van der Waals surface area contributed by atoms with Crippen LogP contribution in [0.1, 0.15) is 42.6 Å². The third kappa shape index (κ3) is 4.37. The molecule has 1 aliphatic heterocycles. The van der Waals surface area contributed by atoms with Crippen molar-refractivity contribution in [2.45, 2.75) is 44.3 Å². The van der Waals surface area contributed by atoms with Crippen LogP contribution in [0.2, 0.25) is 0 Å². The number of pyridine rings is 1. The predicted octanol–water partition coefficient (Wildman–Crippen LogP) is 3.91. The molecule has 1 aromatic heterocycles. The minimum absolute atomic E-state index is 0.00491. The Labute approximate surface area is 189 Å². The Bertz CT molecular complexity index is 1210. The first-order valence-electron chi connectivity index (χ1n) is 10.7. The fourth-order valence-corrected chi connectivity index (χ4v) is 4.11. The average Bonchev–Trinajstić information content (AvgIpc) is 3.58. The molecule has 1 saturated carbocycles. The third-order valence-corrected chi connectivity index (χ3v) is 6.18. The average molecular weight is 489 g/mol. The SMILES string of the molecule is CC(=O)c1cn(C2CC2)c2cc(N3CCN(C(=O)CC(F)(F)C(F)(F)F)CC3)c(F)cc2c1=O. The largest absolute Gasteiger partial charge is 0.453 e. The number of hydrogen-bond donors (Lipinski definition) is 0. The van der Waals surface area contributed by atoms with E-state index in [1.54, 1.807) is 9.47 Å². The van der Waals surface area contributed by atoms with E-state index in [4.69, 9.17) is 0 Å². The van der Waals surface area contributed by atoms with E-state index >= 15 is 0 Å². The highest BCUT2D eigenvalue weighted by Crippen LogP contribution is 2.39. The number of Topliss-reactive ketones (excluding diaryl/α,β-unsaturated/α-hetero) is 1. The Morgan fingerprint density at radius 3 is 2.18 bits per heavy atom. The number of aromatic nitrogens is 1. The second-order valence-electron chi connectivity index (χ2n) is 8.63. The summed E-state index contributed by atoms with van der Waals surface area (Å²) in [5.41, 5.74) is -0.0537. The molecule has 1 amide bonds. The summed E-state index contributed by atoms with van der Waals surface area (Å²) in [6.07, 6.45) is -4.65. The highest BCUT2D eigenvalue weighted by atomic mass is 19.4.